The van der Waals surface area contributed by atoms with E-state index in [0.29, 0.717) is 12.6 Å². The summed E-state index contributed by atoms with van der Waals surface area (Å²) in [6.45, 7) is 0.143. The Morgan fingerprint density at radius 2 is 1.91 bits per heavy atom. The van der Waals surface area contributed by atoms with Crippen molar-refractivity contribution in [3.05, 3.63) is 0 Å². The van der Waals surface area contributed by atoms with E-state index in [1.54, 1.807) is 0 Å². The first kappa shape index (κ1) is 10.2. The molecule has 11 heavy (non-hydrogen) atoms. The zero-order valence-electron chi connectivity index (χ0n) is 6.16. The largest absolute Gasteiger partial charge is 0.347 e. The second kappa shape index (κ2) is 4.95. The number of carbonyl (C=O) groups excluding carboxylic acids is 2. The van der Waals surface area contributed by atoms with Crippen LogP contribution in [0.2, 0.25) is 0 Å². The maximum absolute atomic E-state index is 9.94. The van der Waals surface area contributed by atoms with Crippen LogP contribution in [-0.4, -0.2) is 25.0 Å². The van der Waals surface area contributed by atoms with Gasteiger partial charge < -0.3 is 14.3 Å². The van der Waals surface area contributed by atoms with Crippen LogP contribution >= 0.6 is 0 Å². The molecule has 0 unspecified atom stereocenters. The Balaban J connectivity index is 3.53. The number of hydrogen-bond donors (Lipinski definition) is 2. The van der Waals surface area contributed by atoms with E-state index in [0.717, 1.165) is 0 Å². The lowest BCUT2D eigenvalue weighted by atomic mass is 10.3. The van der Waals surface area contributed by atoms with Gasteiger partial charge in [-0.1, -0.05) is 0 Å². The lowest BCUT2D eigenvalue weighted by Gasteiger charge is -2.21. The molecular weight excluding hydrogens is 148 g/mol. The summed E-state index contributed by atoms with van der Waals surface area (Å²) in [4.78, 5) is 19.8. The molecule has 0 spiro atoms. The average Bonchev–Trinajstić information content (AvgIpc) is 1.87. The highest BCUT2D eigenvalue weighted by atomic mass is 16.5. The van der Waals surface area contributed by atoms with Crippen LogP contribution in [0.25, 0.3) is 0 Å². The third-order valence-electron chi connectivity index (χ3n) is 1.01. The predicted octanol–water partition coefficient (Wildman–Crippen LogP) is -1.25. The topological polar surface area (TPSA) is 95.4 Å². The van der Waals surface area contributed by atoms with Crippen molar-refractivity contribution < 1.29 is 14.3 Å². The summed E-state index contributed by atoms with van der Waals surface area (Å²) in [6.07, 6.45) is 1.42. The fraction of sp³-hybridized carbons (Fsp3) is 0.667. The van der Waals surface area contributed by atoms with E-state index < -0.39 is 5.85 Å². The number of nitrogens with two attached hydrogens (primary N) is 2. The van der Waals surface area contributed by atoms with Gasteiger partial charge in [-0.3, -0.25) is 11.5 Å². The van der Waals surface area contributed by atoms with Gasteiger partial charge in [-0.2, -0.15) is 0 Å². The Morgan fingerprint density at radius 1 is 1.27 bits per heavy atom. The van der Waals surface area contributed by atoms with Gasteiger partial charge in [0.1, 0.15) is 12.6 Å². The normalized spacial score (nSPS) is 11.1. The molecule has 5 nitrogen and oxygen atoms in total. The van der Waals surface area contributed by atoms with E-state index in [9.17, 15) is 9.59 Å². The van der Waals surface area contributed by atoms with Gasteiger partial charge in [-0.15, -0.1) is 0 Å². The molecule has 0 fully saturated rings. The van der Waals surface area contributed by atoms with Crippen LogP contribution in [0.3, 0.4) is 0 Å². The second-order valence-electron chi connectivity index (χ2n) is 2.13. The minimum atomic E-state index is -1.43. The first-order valence-electron chi connectivity index (χ1n) is 3.21. The van der Waals surface area contributed by atoms with Crippen molar-refractivity contribution in [3.63, 3.8) is 0 Å². The maximum atomic E-state index is 9.94. The van der Waals surface area contributed by atoms with Crippen molar-refractivity contribution in [1.82, 2.24) is 0 Å². The number of carbonyl (C=O) groups is 2. The molecule has 0 rings (SSSR count). The van der Waals surface area contributed by atoms with E-state index in [-0.39, 0.29) is 19.4 Å². The number of hydrogen-bond acceptors (Lipinski definition) is 5. The molecule has 0 aliphatic heterocycles. The minimum absolute atomic E-state index is 0.0775. The van der Waals surface area contributed by atoms with Crippen molar-refractivity contribution in [2.45, 2.75) is 18.7 Å². The minimum Gasteiger partial charge on any atom is -0.347 e. The van der Waals surface area contributed by atoms with Crippen molar-refractivity contribution >= 4 is 12.6 Å². The highest BCUT2D eigenvalue weighted by molar-refractivity contribution is 5.51. The zero-order chi connectivity index (χ0) is 8.74. The van der Waals surface area contributed by atoms with Gasteiger partial charge in [0.05, 0.1) is 13.0 Å². The molecule has 0 saturated carbocycles. The quantitative estimate of drug-likeness (QED) is 0.287. The molecule has 0 aromatic heterocycles. The van der Waals surface area contributed by atoms with Crippen molar-refractivity contribution in [2.24, 2.45) is 11.5 Å². The monoisotopic (exact) mass is 160 g/mol. The molecule has 0 bridgehead atoms. The Bertz CT molecular complexity index is 136. The van der Waals surface area contributed by atoms with E-state index in [1.165, 1.54) is 0 Å². The summed E-state index contributed by atoms with van der Waals surface area (Å²) in [6, 6.07) is 0. The van der Waals surface area contributed by atoms with Gasteiger partial charge in [0.2, 0.25) is 0 Å². The summed E-state index contributed by atoms with van der Waals surface area (Å²) >= 11 is 0. The van der Waals surface area contributed by atoms with Crippen molar-refractivity contribution in [1.29, 1.82) is 0 Å². The van der Waals surface area contributed by atoms with E-state index in [2.05, 4.69) is 0 Å². The summed E-state index contributed by atoms with van der Waals surface area (Å²) in [5.41, 5.74) is 10.6. The van der Waals surface area contributed by atoms with E-state index >= 15 is 0 Å². The molecule has 0 amide bonds. The highest BCUT2D eigenvalue weighted by Crippen LogP contribution is 1.97. The summed E-state index contributed by atoms with van der Waals surface area (Å²) in [5.74, 6) is -1.43. The van der Waals surface area contributed by atoms with Crippen LogP contribution in [0.15, 0.2) is 0 Å². The molecule has 4 N–H and O–H groups in total. The Kier molecular flexibility index (Phi) is 4.60. The van der Waals surface area contributed by atoms with Crippen LogP contribution < -0.4 is 11.5 Å². The van der Waals surface area contributed by atoms with Crippen molar-refractivity contribution in [3.8, 4) is 0 Å². The smallest absolute Gasteiger partial charge is 0.176 e. The lowest BCUT2D eigenvalue weighted by molar-refractivity contribution is -0.117. The van der Waals surface area contributed by atoms with Gasteiger partial charge in [-0.25, -0.2) is 0 Å². The molecule has 0 atom stereocenters. The molecule has 5 heteroatoms. The average molecular weight is 160 g/mol. The molecule has 0 heterocycles. The number of rotatable bonds is 6. The summed E-state index contributed by atoms with van der Waals surface area (Å²) in [5, 5.41) is 0. The third kappa shape index (κ3) is 5.65. The Labute approximate surface area is 64.7 Å². The molecule has 0 aliphatic carbocycles. The van der Waals surface area contributed by atoms with Crippen LogP contribution in [0.4, 0.5) is 0 Å². The summed E-state index contributed by atoms with van der Waals surface area (Å²) < 4.78 is 4.80. The van der Waals surface area contributed by atoms with Gasteiger partial charge in [0.15, 0.2) is 5.85 Å². The molecule has 0 aliphatic rings. The molecule has 64 valence electrons. The van der Waals surface area contributed by atoms with Crippen LogP contribution in [0.1, 0.15) is 12.8 Å². The van der Waals surface area contributed by atoms with Crippen LogP contribution in [0, 0.1) is 0 Å². The fourth-order valence-corrected chi connectivity index (χ4v) is 0.486. The first-order valence-corrected chi connectivity index (χ1v) is 3.21. The SMILES string of the molecule is NC(N)(CC=O)OCCC=O. The van der Waals surface area contributed by atoms with E-state index in [1.807, 2.05) is 0 Å². The number of ether oxygens (including phenoxy) is 1. The van der Waals surface area contributed by atoms with Gasteiger partial charge in [-0.05, 0) is 0 Å². The second-order valence-corrected chi connectivity index (χ2v) is 2.13. The molecule has 0 aromatic rings. The van der Waals surface area contributed by atoms with Crippen LogP contribution in [-0.2, 0) is 14.3 Å². The molecule has 0 saturated heterocycles. The number of aldehydes is 2. The van der Waals surface area contributed by atoms with E-state index in [4.69, 9.17) is 16.2 Å². The first-order chi connectivity index (χ1) is 5.12. The third-order valence-corrected chi connectivity index (χ3v) is 1.01. The molecular formula is C6H12N2O3. The Morgan fingerprint density at radius 3 is 2.36 bits per heavy atom. The fourth-order valence-electron chi connectivity index (χ4n) is 0.486. The van der Waals surface area contributed by atoms with Crippen LogP contribution in [0.5, 0.6) is 0 Å². The standard InChI is InChI=1S/C6H12N2O3/c7-6(8,2-4-10)11-5-1-3-9/h3-4H,1-2,5,7-8H2. The summed E-state index contributed by atoms with van der Waals surface area (Å²) in [7, 11) is 0. The Hall–Kier alpha value is -0.780. The lowest BCUT2D eigenvalue weighted by Crippen LogP contribution is -2.52. The highest BCUT2D eigenvalue weighted by Gasteiger charge is 2.17. The van der Waals surface area contributed by atoms with Gasteiger partial charge in [0.25, 0.3) is 0 Å². The van der Waals surface area contributed by atoms with Gasteiger partial charge >= 0.3 is 0 Å². The zero-order valence-corrected chi connectivity index (χ0v) is 6.16. The van der Waals surface area contributed by atoms with Gasteiger partial charge in [0, 0.05) is 6.42 Å². The maximum Gasteiger partial charge on any atom is 0.176 e. The molecule has 0 radical (unpaired) electrons. The predicted molar refractivity (Wildman–Crippen MR) is 38.4 cm³/mol. The van der Waals surface area contributed by atoms with Crippen molar-refractivity contribution in [2.75, 3.05) is 6.61 Å². The molecule has 0 aromatic carbocycles.